The molecule has 0 saturated carbocycles. The summed E-state index contributed by atoms with van der Waals surface area (Å²) in [7, 11) is 0. The molecule has 0 saturated heterocycles. The van der Waals surface area contributed by atoms with Gasteiger partial charge in [0.2, 0.25) is 0 Å². The van der Waals surface area contributed by atoms with E-state index in [1.54, 1.807) is 0 Å². The molecule has 0 heterocycles. The van der Waals surface area contributed by atoms with Crippen LogP contribution in [0, 0.1) is 27.7 Å². The molecular weight excluding hydrogens is 258 g/mol. The van der Waals surface area contributed by atoms with Crippen molar-refractivity contribution in [2.45, 2.75) is 41.5 Å². The average molecular weight is 283 g/mol. The fraction of sp³-hybridized carbons (Fsp3) is 0.316. The van der Waals surface area contributed by atoms with Crippen LogP contribution in [0.2, 0.25) is 0 Å². The maximum absolute atomic E-state index is 12.2. The van der Waals surface area contributed by atoms with Gasteiger partial charge in [0, 0.05) is 11.3 Å². The molecule has 0 bridgehead atoms. The van der Waals surface area contributed by atoms with Crippen LogP contribution in [0.25, 0.3) is 0 Å². The lowest BCUT2D eigenvalue weighted by Gasteiger charge is -2.09. The topological polar surface area (TPSA) is 29.1 Å². The first-order chi connectivity index (χ1) is 9.97. The molecule has 2 heteroatoms. The Balaban J connectivity index is 0.00000106. The molecule has 112 valence electrons. The van der Waals surface area contributed by atoms with E-state index < -0.39 is 0 Å². The summed E-state index contributed by atoms with van der Waals surface area (Å²) in [5.41, 5.74) is 6.27. The molecule has 0 spiro atoms. The number of hydrogen-bond acceptors (Lipinski definition) is 1. The van der Waals surface area contributed by atoms with Crippen molar-refractivity contribution in [2.24, 2.45) is 0 Å². The molecule has 2 rings (SSSR count). The van der Waals surface area contributed by atoms with E-state index in [1.807, 2.05) is 71.0 Å². The van der Waals surface area contributed by atoms with Crippen LogP contribution in [-0.2, 0) is 0 Å². The molecule has 0 aromatic heterocycles. The summed E-state index contributed by atoms with van der Waals surface area (Å²) in [4.78, 5) is 12.2. The van der Waals surface area contributed by atoms with Crippen molar-refractivity contribution in [3.8, 4) is 0 Å². The predicted octanol–water partition coefficient (Wildman–Crippen LogP) is 5.20. The SMILES string of the molecule is CC.Cc1ccc(NC(=O)c2ccc(C)c(C)c2)cc1C. The Morgan fingerprint density at radius 1 is 0.762 bits per heavy atom. The molecule has 0 radical (unpaired) electrons. The van der Waals surface area contributed by atoms with Gasteiger partial charge in [-0.15, -0.1) is 0 Å². The molecule has 1 N–H and O–H groups in total. The number of carbonyl (C=O) groups excluding carboxylic acids is 1. The second kappa shape index (κ2) is 7.63. The van der Waals surface area contributed by atoms with Crippen LogP contribution in [0.1, 0.15) is 46.5 Å². The zero-order chi connectivity index (χ0) is 16.0. The molecule has 0 aliphatic heterocycles. The second-order valence-electron chi connectivity index (χ2n) is 5.05. The Hall–Kier alpha value is -2.09. The molecular formula is C19H25NO. The van der Waals surface area contributed by atoms with Crippen LogP contribution in [0.4, 0.5) is 5.69 Å². The highest BCUT2D eigenvalue weighted by Gasteiger charge is 2.07. The third-order valence-electron chi connectivity index (χ3n) is 3.53. The summed E-state index contributed by atoms with van der Waals surface area (Å²) in [5.74, 6) is -0.0636. The maximum atomic E-state index is 12.2. The molecule has 0 atom stereocenters. The number of hydrogen-bond donors (Lipinski definition) is 1. The number of carbonyl (C=O) groups is 1. The summed E-state index contributed by atoms with van der Waals surface area (Å²) in [6, 6.07) is 11.7. The van der Waals surface area contributed by atoms with Crippen molar-refractivity contribution < 1.29 is 4.79 Å². The molecule has 21 heavy (non-hydrogen) atoms. The van der Waals surface area contributed by atoms with Crippen molar-refractivity contribution in [2.75, 3.05) is 5.32 Å². The molecule has 0 fully saturated rings. The number of aryl methyl sites for hydroxylation is 4. The summed E-state index contributed by atoms with van der Waals surface area (Å²) in [5, 5.41) is 2.93. The van der Waals surface area contributed by atoms with E-state index in [-0.39, 0.29) is 5.91 Å². The van der Waals surface area contributed by atoms with E-state index in [9.17, 15) is 4.79 Å². The van der Waals surface area contributed by atoms with Crippen molar-refractivity contribution >= 4 is 11.6 Å². The Morgan fingerprint density at radius 3 is 1.81 bits per heavy atom. The lowest BCUT2D eigenvalue weighted by Crippen LogP contribution is -2.12. The second-order valence-corrected chi connectivity index (χ2v) is 5.05. The first-order valence-corrected chi connectivity index (χ1v) is 7.43. The minimum Gasteiger partial charge on any atom is -0.322 e. The van der Waals surface area contributed by atoms with Crippen LogP contribution < -0.4 is 5.32 Å². The van der Waals surface area contributed by atoms with Gasteiger partial charge in [0.1, 0.15) is 0 Å². The maximum Gasteiger partial charge on any atom is 0.255 e. The van der Waals surface area contributed by atoms with Gasteiger partial charge in [-0.1, -0.05) is 26.0 Å². The van der Waals surface area contributed by atoms with E-state index in [1.165, 1.54) is 16.7 Å². The quantitative estimate of drug-likeness (QED) is 0.806. The van der Waals surface area contributed by atoms with Crippen molar-refractivity contribution in [1.29, 1.82) is 0 Å². The van der Waals surface area contributed by atoms with Gasteiger partial charge < -0.3 is 5.32 Å². The zero-order valence-corrected chi connectivity index (χ0v) is 13.9. The van der Waals surface area contributed by atoms with Gasteiger partial charge in [0.05, 0.1) is 0 Å². The minimum atomic E-state index is -0.0636. The Morgan fingerprint density at radius 2 is 1.29 bits per heavy atom. The molecule has 2 nitrogen and oxygen atoms in total. The highest BCUT2D eigenvalue weighted by molar-refractivity contribution is 6.04. The standard InChI is InChI=1S/C17H19NO.C2H6/c1-11-5-7-15(9-13(11)3)17(19)18-16-8-6-12(2)14(4)10-16;1-2/h5-10H,1-4H3,(H,18,19);1-2H3. The predicted molar refractivity (Wildman–Crippen MR) is 91.1 cm³/mol. The molecule has 0 aliphatic rings. The van der Waals surface area contributed by atoms with Crippen molar-refractivity contribution in [1.82, 2.24) is 0 Å². The summed E-state index contributed by atoms with van der Waals surface area (Å²) >= 11 is 0. The van der Waals surface area contributed by atoms with Gasteiger partial charge in [-0.3, -0.25) is 4.79 Å². The summed E-state index contributed by atoms with van der Waals surface area (Å²) in [6.45, 7) is 12.2. The molecule has 2 aromatic rings. The highest BCUT2D eigenvalue weighted by atomic mass is 16.1. The van der Waals surface area contributed by atoms with E-state index in [2.05, 4.69) is 12.2 Å². The van der Waals surface area contributed by atoms with Crippen LogP contribution in [0.15, 0.2) is 36.4 Å². The Labute approximate surface area is 128 Å². The van der Waals surface area contributed by atoms with E-state index in [0.717, 1.165) is 11.3 Å². The lowest BCUT2D eigenvalue weighted by atomic mass is 10.1. The average Bonchev–Trinajstić information content (AvgIpc) is 2.48. The van der Waals surface area contributed by atoms with Gasteiger partial charge in [0.15, 0.2) is 0 Å². The highest BCUT2D eigenvalue weighted by Crippen LogP contribution is 2.16. The van der Waals surface area contributed by atoms with Crippen molar-refractivity contribution in [3.05, 3.63) is 64.2 Å². The van der Waals surface area contributed by atoms with E-state index in [0.29, 0.717) is 5.56 Å². The zero-order valence-electron chi connectivity index (χ0n) is 13.9. The first kappa shape index (κ1) is 17.0. The van der Waals surface area contributed by atoms with E-state index >= 15 is 0 Å². The van der Waals surface area contributed by atoms with Gasteiger partial charge in [-0.25, -0.2) is 0 Å². The third kappa shape index (κ3) is 4.45. The van der Waals surface area contributed by atoms with Crippen molar-refractivity contribution in [3.63, 3.8) is 0 Å². The Kier molecular flexibility index (Phi) is 6.16. The number of anilines is 1. The van der Waals surface area contributed by atoms with Gasteiger partial charge >= 0.3 is 0 Å². The van der Waals surface area contributed by atoms with Crippen LogP contribution in [0.5, 0.6) is 0 Å². The normalized spacial score (nSPS) is 9.62. The monoisotopic (exact) mass is 283 g/mol. The van der Waals surface area contributed by atoms with E-state index in [4.69, 9.17) is 0 Å². The summed E-state index contributed by atoms with van der Waals surface area (Å²) < 4.78 is 0. The fourth-order valence-electron chi connectivity index (χ4n) is 1.91. The number of benzene rings is 2. The first-order valence-electron chi connectivity index (χ1n) is 7.43. The molecule has 0 unspecified atom stereocenters. The third-order valence-corrected chi connectivity index (χ3v) is 3.53. The number of nitrogens with one attached hydrogen (secondary N) is 1. The van der Waals surface area contributed by atoms with Gasteiger partial charge in [-0.2, -0.15) is 0 Å². The number of rotatable bonds is 2. The lowest BCUT2D eigenvalue weighted by molar-refractivity contribution is 0.102. The van der Waals surface area contributed by atoms with Crippen LogP contribution in [0.3, 0.4) is 0 Å². The fourth-order valence-corrected chi connectivity index (χ4v) is 1.91. The van der Waals surface area contributed by atoms with Crippen LogP contribution >= 0.6 is 0 Å². The Bertz CT molecular complexity index is 629. The number of amides is 1. The smallest absolute Gasteiger partial charge is 0.255 e. The van der Waals surface area contributed by atoms with Crippen LogP contribution in [-0.4, -0.2) is 5.91 Å². The summed E-state index contributed by atoms with van der Waals surface area (Å²) in [6.07, 6.45) is 0. The molecule has 1 amide bonds. The minimum absolute atomic E-state index is 0.0636. The molecule has 2 aromatic carbocycles. The van der Waals surface area contributed by atoms with Gasteiger partial charge in [-0.05, 0) is 74.2 Å². The van der Waals surface area contributed by atoms with Gasteiger partial charge in [0.25, 0.3) is 5.91 Å². The largest absolute Gasteiger partial charge is 0.322 e. The molecule has 0 aliphatic carbocycles.